The predicted molar refractivity (Wildman–Crippen MR) is 152 cm³/mol. The lowest BCUT2D eigenvalue weighted by molar-refractivity contribution is -0.137. The van der Waals surface area contributed by atoms with Gasteiger partial charge in [0.1, 0.15) is 5.01 Å². The smallest absolute Gasteiger partial charge is 0.379 e. The van der Waals surface area contributed by atoms with E-state index in [1.54, 1.807) is 43.0 Å². The van der Waals surface area contributed by atoms with Crippen LogP contribution in [0.4, 0.5) is 18.3 Å². The Morgan fingerprint density at radius 1 is 1.10 bits per heavy atom. The molecule has 0 radical (unpaired) electrons. The van der Waals surface area contributed by atoms with E-state index in [4.69, 9.17) is 19.4 Å². The lowest BCUT2D eigenvalue weighted by atomic mass is 10.0. The van der Waals surface area contributed by atoms with E-state index in [9.17, 15) is 13.2 Å². The van der Waals surface area contributed by atoms with Crippen molar-refractivity contribution in [1.82, 2.24) is 25.2 Å². The number of alkyl halides is 3. The molecule has 4 aromatic rings. The number of aromatic nitrogens is 3. The zero-order chi connectivity index (χ0) is 28.0. The maximum Gasteiger partial charge on any atom is 0.416 e. The number of anilines is 1. The van der Waals surface area contributed by atoms with Crippen molar-refractivity contribution >= 4 is 38.0 Å². The van der Waals surface area contributed by atoms with Gasteiger partial charge in [-0.05, 0) is 30.2 Å². The summed E-state index contributed by atoms with van der Waals surface area (Å²) in [7, 11) is 1.64. The number of hydrogen-bond donors (Lipinski definition) is 2. The van der Waals surface area contributed by atoms with Crippen LogP contribution in [0.2, 0.25) is 0 Å². The molecule has 8 nitrogen and oxygen atoms in total. The Kier molecular flexibility index (Phi) is 9.60. The van der Waals surface area contributed by atoms with E-state index in [0.29, 0.717) is 19.6 Å². The number of pyridine rings is 1. The first-order valence-corrected chi connectivity index (χ1v) is 14.7. The average Bonchev–Trinajstić information content (AvgIpc) is 3.56. The Labute approximate surface area is 238 Å². The number of hydrogen-bond acceptors (Lipinski definition) is 10. The normalized spacial score (nSPS) is 15.5. The number of methoxy groups -OCH3 is 1. The molecule has 2 N–H and O–H groups in total. The summed E-state index contributed by atoms with van der Waals surface area (Å²) < 4.78 is 51.0. The zero-order valence-corrected chi connectivity index (χ0v) is 23.7. The van der Waals surface area contributed by atoms with Crippen molar-refractivity contribution in [2.75, 3.05) is 58.4 Å². The molecule has 0 aliphatic carbocycles. The van der Waals surface area contributed by atoms with Crippen molar-refractivity contribution in [3.63, 3.8) is 0 Å². The van der Waals surface area contributed by atoms with Crippen LogP contribution in [0.25, 0.3) is 20.1 Å². The number of morpholine rings is 1. The van der Waals surface area contributed by atoms with Gasteiger partial charge in [-0.3, -0.25) is 9.88 Å². The van der Waals surface area contributed by atoms with Crippen LogP contribution in [0.1, 0.15) is 16.8 Å². The van der Waals surface area contributed by atoms with Crippen LogP contribution in [0, 0.1) is 0 Å². The Morgan fingerprint density at radius 2 is 1.90 bits per heavy atom. The SMILES string of the molecule is COCc1nc(NC[C@@H](Cc2ccc(C(F)(F)F)cc2)NCCN2CCOCC2)sc1-c1nc2ccncc2s1. The molecule has 0 unspecified atom stereocenters. The van der Waals surface area contributed by atoms with Crippen molar-refractivity contribution in [3.05, 3.63) is 59.5 Å². The van der Waals surface area contributed by atoms with E-state index in [1.807, 2.05) is 6.07 Å². The van der Waals surface area contributed by atoms with Gasteiger partial charge >= 0.3 is 6.18 Å². The first kappa shape index (κ1) is 28.8. The van der Waals surface area contributed by atoms with E-state index in [-0.39, 0.29) is 6.04 Å². The molecule has 0 amide bonds. The molecule has 0 bridgehead atoms. The molecule has 5 rings (SSSR count). The van der Waals surface area contributed by atoms with E-state index < -0.39 is 11.7 Å². The molecule has 1 aliphatic heterocycles. The maximum absolute atomic E-state index is 13.0. The highest BCUT2D eigenvalue weighted by Crippen LogP contribution is 2.38. The molecule has 0 spiro atoms. The number of ether oxygens (including phenoxy) is 2. The van der Waals surface area contributed by atoms with Crippen LogP contribution in [-0.4, -0.2) is 78.9 Å². The van der Waals surface area contributed by atoms with Crippen LogP contribution in [0.5, 0.6) is 0 Å². The highest BCUT2D eigenvalue weighted by Gasteiger charge is 2.30. The summed E-state index contributed by atoms with van der Waals surface area (Å²) in [6.07, 6.45) is -0.244. The Hall–Kier alpha value is -2.68. The molecule has 0 saturated carbocycles. The second-order valence-electron chi connectivity index (χ2n) is 9.48. The van der Waals surface area contributed by atoms with Crippen molar-refractivity contribution in [2.45, 2.75) is 25.2 Å². The minimum atomic E-state index is -4.35. The summed E-state index contributed by atoms with van der Waals surface area (Å²) in [5.74, 6) is 0. The van der Waals surface area contributed by atoms with Crippen molar-refractivity contribution in [3.8, 4) is 9.88 Å². The molecular weight excluding hydrogens is 561 g/mol. The van der Waals surface area contributed by atoms with Gasteiger partial charge < -0.3 is 20.1 Å². The number of nitrogens with one attached hydrogen (secondary N) is 2. The third-order valence-electron chi connectivity index (χ3n) is 6.59. The summed E-state index contributed by atoms with van der Waals surface area (Å²) in [6.45, 7) is 5.80. The van der Waals surface area contributed by atoms with Crippen LogP contribution in [-0.2, 0) is 28.7 Å². The van der Waals surface area contributed by atoms with Crippen LogP contribution >= 0.6 is 22.7 Å². The number of fused-ring (bicyclic) bond motifs is 1. The summed E-state index contributed by atoms with van der Waals surface area (Å²) in [6, 6.07) is 7.26. The molecule has 1 saturated heterocycles. The van der Waals surface area contributed by atoms with Gasteiger partial charge in [0.15, 0.2) is 5.13 Å². The van der Waals surface area contributed by atoms with Gasteiger partial charge in [-0.15, -0.1) is 11.3 Å². The van der Waals surface area contributed by atoms with Crippen molar-refractivity contribution < 1.29 is 22.6 Å². The van der Waals surface area contributed by atoms with Crippen LogP contribution in [0.3, 0.4) is 0 Å². The summed E-state index contributed by atoms with van der Waals surface area (Å²) in [5.41, 5.74) is 1.89. The van der Waals surface area contributed by atoms with Crippen molar-refractivity contribution in [2.24, 2.45) is 0 Å². The van der Waals surface area contributed by atoms with Crippen LogP contribution in [0.15, 0.2) is 42.7 Å². The van der Waals surface area contributed by atoms with E-state index in [2.05, 4.69) is 20.5 Å². The Bertz CT molecular complexity index is 1340. The molecule has 1 fully saturated rings. The second kappa shape index (κ2) is 13.3. The molecule has 1 aromatic carbocycles. The highest BCUT2D eigenvalue weighted by atomic mass is 32.1. The van der Waals surface area contributed by atoms with Gasteiger partial charge in [-0.1, -0.05) is 23.5 Å². The summed E-state index contributed by atoms with van der Waals surface area (Å²) in [4.78, 5) is 17.0. The first-order chi connectivity index (χ1) is 19.4. The number of thiazole rings is 2. The Balaban J connectivity index is 1.28. The van der Waals surface area contributed by atoms with Gasteiger partial charge in [0, 0.05) is 58.3 Å². The number of rotatable bonds is 12. The zero-order valence-electron chi connectivity index (χ0n) is 22.0. The van der Waals surface area contributed by atoms with Gasteiger partial charge in [0.2, 0.25) is 0 Å². The lowest BCUT2D eigenvalue weighted by Crippen LogP contribution is -2.44. The highest BCUT2D eigenvalue weighted by molar-refractivity contribution is 7.26. The predicted octanol–water partition coefficient (Wildman–Crippen LogP) is 4.93. The van der Waals surface area contributed by atoms with Gasteiger partial charge in [-0.2, -0.15) is 13.2 Å². The van der Waals surface area contributed by atoms with Crippen molar-refractivity contribution in [1.29, 1.82) is 0 Å². The fraction of sp³-hybridized carbons (Fsp3) is 0.444. The summed E-state index contributed by atoms with van der Waals surface area (Å²) in [5, 5.41) is 8.66. The average molecular weight is 593 g/mol. The minimum Gasteiger partial charge on any atom is -0.379 e. The molecule has 214 valence electrons. The van der Waals surface area contributed by atoms with Gasteiger partial charge in [0.25, 0.3) is 0 Å². The molecule has 1 atom stereocenters. The summed E-state index contributed by atoms with van der Waals surface area (Å²) >= 11 is 3.08. The lowest BCUT2D eigenvalue weighted by Gasteiger charge is -2.28. The van der Waals surface area contributed by atoms with Gasteiger partial charge in [-0.25, -0.2) is 9.97 Å². The number of halogens is 3. The fourth-order valence-corrected chi connectivity index (χ4v) is 6.50. The third kappa shape index (κ3) is 7.53. The molecule has 4 heterocycles. The van der Waals surface area contributed by atoms with Gasteiger partial charge in [0.05, 0.1) is 46.2 Å². The topological polar surface area (TPSA) is 84.4 Å². The Morgan fingerprint density at radius 3 is 2.62 bits per heavy atom. The number of benzene rings is 1. The van der Waals surface area contributed by atoms with E-state index in [1.165, 1.54) is 11.3 Å². The third-order valence-corrected chi connectivity index (χ3v) is 8.81. The first-order valence-electron chi connectivity index (χ1n) is 13.0. The second-order valence-corrected chi connectivity index (χ2v) is 11.5. The monoisotopic (exact) mass is 592 g/mol. The number of nitrogens with zero attached hydrogens (tertiary/aromatic N) is 4. The standard InChI is InChI=1S/C27H31F3N6O2S2/c1-37-17-22-24(25-34-21-6-7-31-16-23(21)39-25)40-26(35-22)33-15-20(32-8-9-36-10-12-38-13-11-36)14-18-2-4-19(5-3-18)27(28,29)30/h2-7,16,20,32H,8-15,17H2,1H3,(H,33,35)/t20-/m1/s1. The molecule has 3 aromatic heterocycles. The van der Waals surface area contributed by atoms with E-state index >= 15 is 0 Å². The largest absolute Gasteiger partial charge is 0.416 e. The quantitative estimate of drug-likeness (QED) is 0.240. The molecule has 40 heavy (non-hydrogen) atoms. The molecule has 13 heteroatoms. The fourth-order valence-electron chi connectivity index (χ4n) is 4.50. The molecular formula is C27H31F3N6O2S2. The molecule has 1 aliphatic rings. The maximum atomic E-state index is 13.0. The minimum absolute atomic E-state index is 0.0236. The van der Waals surface area contributed by atoms with Crippen LogP contribution < -0.4 is 10.6 Å². The van der Waals surface area contributed by atoms with E-state index in [0.717, 1.165) is 88.0 Å².